The minimum absolute atomic E-state index is 0.0827. The van der Waals surface area contributed by atoms with Crippen LogP contribution in [0.25, 0.3) is 0 Å². The van der Waals surface area contributed by atoms with Crippen molar-refractivity contribution in [3.05, 3.63) is 47.5 Å². The lowest BCUT2D eigenvalue weighted by molar-refractivity contribution is 0.214. The molecule has 0 fully saturated rings. The molecule has 7 nitrogen and oxygen atoms in total. The van der Waals surface area contributed by atoms with Gasteiger partial charge in [0, 0.05) is 6.54 Å². The summed E-state index contributed by atoms with van der Waals surface area (Å²) in [5, 5.41) is 5.85. The number of nitrogens with one attached hydrogen (secondary N) is 2. The van der Waals surface area contributed by atoms with Gasteiger partial charge in [-0.1, -0.05) is 6.07 Å². The van der Waals surface area contributed by atoms with Gasteiger partial charge in [0.05, 0.1) is 27.4 Å². The summed E-state index contributed by atoms with van der Waals surface area (Å²) in [6.07, 6.45) is 1.39. The molecule has 2 N–H and O–H groups in total. The van der Waals surface area contributed by atoms with Gasteiger partial charge < -0.3 is 29.6 Å². The van der Waals surface area contributed by atoms with Gasteiger partial charge in [0.2, 0.25) is 0 Å². The number of rotatable bonds is 7. The normalized spacial score (nSPS) is 15.0. The second-order valence-corrected chi connectivity index (χ2v) is 6.53. The molecular weight excluding hydrogens is 360 g/mol. The highest BCUT2D eigenvalue weighted by atomic mass is 16.5. The van der Waals surface area contributed by atoms with E-state index in [0.717, 1.165) is 22.6 Å². The Hall–Kier alpha value is -3.09. The Labute approximate surface area is 164 Å². The topological polar surface area (TPSA) is 78.1 Å². The van der Waals surface area contributed by atoms with Crippen LogP contribution >= 0.6 is 0 Å². The van der Waals surface area contributed by atoms with Crippen molar-refractivity contribution in [2.24, 2.45) is 0 Å². The maximum atomic E-state index is 12.2. The lowest BCUT2D eigenvalue weighted by Gasteiger charge is -2.26. The first kappa shape index (κ1) is 19.7. The first-order valence-corrected chi connectivity index (χ1v) is 9.18. The number of carbonyl (C=O) groups excluding carboxylic acids is 1. The van der Waals surface area contributed by atoms with Crippen LogP contribution in [0.15, 0.2) is 36.4 Å². The fourth-order valence-electron chi connectivity index (χ4n) is 3.18. The predicted molar refractivity (Wildman–Crippen MR) is 106 cm³/mol. The zero-order chi connectivity index (χ0) is 19.9. The molecule has 0 radical (unpaired) electrons. The molecule has 2 aromatic carbocycles. The highest BCUT2D eigenvalue weighted by Gasteiger charge is 2.21. The quantitative estimate of drug-likeness (QED) is 0.765. The Morgan fingerprint density at radius 3 is 2.64 bits per heavy atom. The van der Waals surface area contributed by atoms with Crippen LogP contribution in [0.1, 0.15) is 11.1 Å². The van der Waals surface area contributed by atoms with E-state index in [4.69, 9.17) is 18.9 Å². The van der Waals surface area contributed by atoms with Crippen LogP contribution in [0, 0.1) is 0 Å². The number of ether oxygens (including phenoxy) is 4. The highest BCUT2D eigenvalue weighted by Crippen LogP contribution is 2.29. The van der Waals surface area contributed by atoms with Crippen LogP contribution in [0.4, 0.5) is 4.79 Å². The van der Waals surface area contributed by atoms with E-state index in [0.29, 0.717) is 37.5 Å². The number of amides is 2. The van der Waals surface area contributed by atoms with E-state index < -0.39 is 0 Å². The minimum Gasteiger partial charge on any atom is -0.497 e. The van der Waals surface area contributed by atoms with E-state index in [2.05, 4.69) is 10.6 Å². The molecule has 3 rings (SSSR count). The molecule has 0 saturated carbocycles. The largest absolute Gasteiger partial charge is 0.497 e. The van der Waals surface area contributed by atoms with E-state index in [-0.39, 0.29) is 12.1 Å². The molecule has 28 heavy (non-hydrogen) atoms. The number of urea groups is 1. The Morgan fingerprint density at radius 1 is 1.07 bits per heavy atom. The van der Waals surface area contributed by atoms with Crippen molar-refractivity contribution >= 4 is 6.03 Å². The van der Waals surface area contributed by atoms with Gasteiger partial charge in [-0.15, -0.1) is 0 Å². The van der Waals surface area contributed by atoms with Gasteiger partial charge in [0.15, 0.2) is 11.5 Å². The molecule has 0 aromatic heterocycles. The fraction of sp³-hybridized carbons (Fsp3) is 0.381. The molecule has 0 saturated heterocycles. The number of hydrogen-bond donors (Lipinski definition) is 2. The summed E-state index contributed by atoms with van der Waals surface area (Å²) < 4.78 is 21.5. The van der Waals surface area contributed by atoms with Crippen molar-refractivity contribution < 1.29 is 23.7 Å². The summed E-state index contributed by atoms with van der Waals surface area (Å²) in [4.78, 5) is 12.2. The van der Waals surface area contributed by atoms with Crippen molar-refractivity contribution in [3.63, 3.8) is 0 Å². The summed E-state index contributed by atoms with van der Waals surface area (Å²) in [6.45, 7) is 0.960. The Morgan fingerprint density at radius 2 is 1.89 bits per heavy atom. The molecule has 1 atom stereocenters. The van der Waals surface area contributed by atoms with Gasteiger partial charge in [-0.05, 0) is 54.3 Å². The Bertz CT molecular complexity index is 824. The molecule has 2 amide bonds. The van der Waals surface area contributed by atoms with Gasteiger partial charge in [0.25, 0.3) is 0 Å². The summed E-state index contributed by atoms with van der Waals surface area (Å²) >= 11 is 0. The number of methoxy groups -OCH3 is 3. The average Bonchev–Trinajstić information content (AvgIpc) is 2.73. The zero-order valence-electron chi connectivity index (χ0n) is 16.4. The minimum atomic E-state index is -0.208. The van der Waals surface area contributed by atoms with Crippen LogP contribution in [0.2, 0.25) is 0 Å². The van der Waals surface area contributed by atoms with Gasteiger partial charge in [0.1, 0.15) is 18.1 Å². The third-order valence-electron chi connectivity index (χ3n) is 4.66. The van der Waals surface area contributed by atoms with Crippen molar-refractivity contribution in [3.8, 4) is 23.0 Å². The maximum Gasteiger partial charge on any atom is 0.315 e. The van der Waals surface area contributed by atoms with Crippen molar-refractivity contribution in [2.45, 2.75) is 18.9 Å². The molecule has 2 aromatic rings. The standard InChI is InChI=1S/C21H26N2O5/c1-25-17-5-7-18-15(12-17)11-16(13-28-18)23-21(24)22-9-8-14-4-6-19(26-2)20(10-14)27-3/h4-7,10,12,16H,8-9,11,13H2,1-3H3,(H2,22,23,24)/t16-/m1/s1. The van der Waals surface area contributed by atoms with Crippen molar-refractivity contribution in [1.29, 1.82) is 0 Å². The van der Waals surface area contributed by atoms with Gasteiger partial charge in [-0.25, -0.2) is 4.79 Å². The molecule has 0 unspecified atom stereocenters. The Balaban J connectivity index is 1.47. The maximum absolute atomic E-state index is 12.2. The van der Waals surface area contributed by atoms with E-state index in [1.165, 1.54) is 0 Å². The second kappa shape index (κ2) is 9.21. The van der Waals surface area contributed by atoms with E-state index in [1.54, 1.807) is 21.3 Å². The summed E-state index contributed by atoms with van der Waals surface area (Å²) in [6, 6.07) is 11.2. The SMILES string of the molecule is COc1ccc2c(c1)C[C@@H](NC(=O)NCCc1ccc(OC)c(OC)c1)CO2. The third-order valence-corrected chi connectivity index (χ3v) is 4.66. The molecule has 0 spiro atoms. The molecule has 0 aliphatic carbocycles. The average molecular weight is 386 g/mol. The van der Waals surface area contributed by atoms with Crippen LogP contribution in [-0.2, 0) is 12.8 Å². The first-order valence-electron chi connectivity index (χ1n) is 9.18. The molecule has 1 aliphatic heterocycles. The highest BCUT2D eigenvalue weighted by molar-refractivity contribution is 5.74. The van der Waals surface area contributed by atoms with E-state index in [9.17, 15) is 4.79 Å². The van der Waals surface area contributed by atoms with Crippen LogP contribution in [-0.4, -0.2) is 46.6 Å². The van der Waals surface area contributed by atoms with Crippen molar-refractivity contribution in [2.75, 3.05) is 34.5 Å². The van der Waals surface area contributed by atoms with E-state index in [1.807, 2.05) is 36.4 Å². The van der Waals surface area contributed by atoms with Crippen LogP contribution in [0.5, 0.6) is 23.0 Å². The van der Waals surface area contributed by atoms with E-state index >= 15 is 0 Å². The summed E-state index contributed by atoms with van der Waals surface area (Å²) in [5.74, 6) is 2.99. The number of fused-ring (bicyclic) bond motifs is 1. The van der Waals surface area contributed by atoms with Crippen molar-refractivity contribution in [1.82, 2.24) is 10.6 Å². The molecule has 1 heterocycles. The predicted octanol–water partition coefficient (Wildman–Crippen LogP) is 2.56. The lowest BCUT2D eigenvalue weighted by atomic mass is 10.0. The van der Waals surface area contributed by atoms with Gasteiger partial charge >= 0.3 is 6.03 Å². The number of carbonyl (C=O) groups is 1. The molecule has 150 valence electrons. The summed E-state index contributed by atoms with van der Waals surface area (Å²) in [7, 11) is 4.84. The molecular formula is C21H26N2O5. The smallest absolute Gasteiger partial charge is 0.315 e. The fourth-order valence-corrected chi connectivity index (χ4v) is 3.18. The molecule has 7 heteroatoms. The van der Waals surface area contributed by atoms with Crippen LogP contribution in [0.3, 0.4) is 0 Å². The summed E-state index contributed by atoms with van der Waals surface area (Å²) in [5.41, 5.74) is 2.08. The van der Waals surface area contributed by atoms with Gasteiger partial charge in [-0.3, -0.25) is 0 Å². The monoisotopic (exact) mass is 386 g/mol. The molecule has 0 bridgehead atoms. The van der Waals surface area contributed by atoms with Gasteiger partial charge in [-0.2, -0.15) is 0 Å². The second-order valence-electron chi connectivity index (χ2n) is 6.53. The van der Waals surface area contributed by atoms with Crippen LogP contribution < -0.4 is 29.6 Å². The zero-order valence-corrected chi connectivity index (χ0v) is 16.4. The number of benzene rings is 2. The molecule has 1 aliphatic rings. The first-order chi connectivity index (χ1) is 13.6. The Kier molecular flexibility index (Phi) is 6.47. The lowest BCUT2D eigenvalue weighted by Crippen LogP contribution is -2.47. The third kappa shape index (κ3) is 4.79. The number of hydrogen-bond acceptors (Lipinski definition) is 5.